The third kappa shape index (κ3) is 4.55. The van der Waals surface area contributed by atoms with E-state index >= 15 is 0 Å². The number of aryl methyl sites for hydroxylation is 2. The van der Waals surface area contributed by atoms with Crippen LogP contribution >= 0.6 is 11.8 Å². The lowest BCUT2D eigenvalue weighted by Gasteiger charge is -2.13. The highest BCUT2D eigenvalue weighted by Crippen LogP contribution is 2.32. The molecule has 2 heterocycles. The number of pyridine rings is 1. The number of aromatic nitrogens is 1. The number of fused-ring (bicyclic) bond motifs is 1. The Bertz CT molecular complexity index is 1270. The van der Waals surface area contributed by atoms with Crippen molar-refractivity contribution in [3.05, 3.63) is 81.6 Å². The summed E-state index contributed by atoms with van der Waals surface area (Å²) in [5.41, 5.74) is 3.24. The first-order chi connectivity index (χ1) is 15.3. The molecule has 32 heavy (non-hydrogen) atoms. The van der Waals surface area contributed by atoms with Gasteiger partial charge in [-0.25, -0.2) is 4.39 Å². The molecule has 0 atom stereocenters. The van der Waals surface area contributed by atoms with E-state index < -0.39 is 5.82 Å². The van der Waals surface area contributed by atoms with Gasteiger partial charge in [0.2, 0.25) is 0 Å². The highest BCUT2D eigenvalue weighted by molar-refractivity contribution is 8.18. The zero-order chi connectivity index (χ0) is 22.8. The number of thioether (sulfide) groups is 1. The number of imide groups is 1. The van der Waals surface area contributed by atoms with Crippen LogP contribution in [0.25, 0.3) is 17.0 Å². The molecule has 8 heteroatoms. The van der Waals surface area contributed by atoms with E-state index in [0.29, 0.717) is 27.1 Å². The summed E-state index contributed by atoms with van der Waals surface area (Å²) in [6.07, 6.45) is 1.69. The van der Waals surface area contributed by atoms with E-state index in [1.807, 2.05) is 31.2 Å². The molecule has 1 fully saturated rings. The smallest absolute Gasteiger partial charge is 0.293 e. The Hall–Kier alpha value is -3.52. The SMILES string of the molecule is Cc1ccc(/C=C2\SC(=O)N(CCNC(=O)c3cc4ccc(F)cc4nc3C)C2=O)cc1. The molecule has 0 bridgehead atoms. The molecule has 0 saturated carbocycles. The molecular weight excluding hydrogens is 429 g/mol. The number of nitrogens with one attached hydrogen (secondary N) is 1. The van der Waals surface area contributed by atoms with Crippen molar-refractivity contribution >= 4 is 45.8 Å². The van der Waals surface area contributed by atoms with Gasteiger partial charge >= 0.3 is 0 Å². The standard InChI is InChI=1S/C24H20FN3O3S/c1-14-3-5-16(6-4-14)11-21-23(30)28(24(31)32-21)10-9-26-22(29)19-12-17-7-8-18(25)13-20(17)27-15(19)2/h3-8,11-13H,9-10H2,1-2H3,(H,26,29)/b21-11-. The van der Waals surface area contributed by atoms with E-state index in [2.05, 4.69) is 10.3 Å². The van der Waals surface area contributed by atoms with Gasteiger partial charge in [-0.15, -0.1) is 0 Å². The van der Waals surface area contributed by atoms with E-state index in [9.17, 15) is 18.8 Å². The van der Waals surface area contributed by atoms with Crippen LogP contribution in [0.2, 0.25) is 0 Å². The third-order valence-electron chi connectivity index (χ3n) is 5.08. The molecule has 0 aliphatic carbocycles. The maximum atomic E-state index is 13.4. The van der Waals surface area contributed by atoms with Crippen molar-refractivity contribution < 1.29 is 18.8 Å². The summed E-state index contributed by atoms with van der Waals surface area (Å²) in [5.74, 6) is -1.14. The molecule has 0 unspecified atom stereocenters. The van der Waals surface area contributed by atoms with Crippen LogP contribution in [-0.2, 0) is 4.79 Å². The number of amides is 3. The second-order valence-electron chi connectivity index (χ2n) is 7.46. The topological polar surface area (TPSA) is 79.4 Å². The molecule has 4 rings (SSSR count). The first-order valence-electron chi connectivity index (χ1n) is 9.99. The largest absolute Gasteiger partial charge is 0.350 e. The zero-order valence-corrected chi connectivity index (χ0v) is 18.3. The fraction of sp³-hybridized carbons (Fsp3) is 0.167. The van der Waals surface area contributed by atoms with E-state index in [1.165, 1.54) is 12.1 Å². The molecule has 2 aromatic carbocycles. The van der Waals surface area contributed by atoms with Crippen molar-refractivity contribution in [2.45, 2.75) is 13.8 Å². The summed E-state index contributed by atoms with van der Waals surface area (Å²) in [6.45, 7) is 3.81. The quantitative estimate of drug-likeness (QED) is 0.582. The van der Waals surface area contributed by atoms with Crippen LogP contribution < -0.4 is 5.32 Å². The van der Waals surface area contributed by atoms with Gasteiger partial charge < -0.3 is 5.32 Å². The van der Waals surface area contributed by atoms with E-state index in [1.54, 1.807) is 25.1 Å². The molecule has 1 aliphatic heterocycles. The molecule has 3 amide bonds. The Balaban J connectivity index is 1.40. The van der Waals surface area contributed by atoms with Crippen LogP contribution in [0.4, 0.5) is 9.18 Å². The van der Waals surface area contributed by atoms with Gasteiger partial charge in [-0.05, 0) is 55.4 Å². The average molecular weight is 450 g/mol. The Morgan fingerprint density at radius 1 is 1.12 bits per heavy atom. The molecular formula is C24H20FN3O3S. The fourth-order valence-electron chi connectivity index (χ4n) is 3.35. The van der Waals surface area contributed by atoms with E-state index in [-0.39, 0.29) is 30.1 Å². The Kier molecular flexibility index (Phi) is 6.05. The maximum Gasteiger partial charge on any atom is 0.293 e. The molecule has 0 spiro atoms. The second kappa shape index (κ2) is 8.92. The van der Waals surface area contributed by atoms with Gasteiger partial charge in [0, 0.05) is 24.5 Å². The number of benzene rings is 2. The monoisotopic (exact) mass is 449 g/mol. The first kappa shape index (κ1) is 21.7. The highest BCUT2D eigenvalue weighted by atomic mass is 32.2. The van der Waals surface area contributed by atoms with Crippen LogP contribution in [0.3, 0.4) is 0 Å². The Morgan fingerprint density at radius 2 is 1.88 bits per heavy atom. The number of carbonyl (C=O) groups excluding carboxylic acids is 3. The second-order valence-corrected chi connectivity index (χ2v) is 8.45. The number of hydrogen-bond donors (Lipinski definition) is 1. The summed E-state index contributed by atoms with van der Waals surface area (Å²) >= 11 is 0.886. The molecule has 1 N–H and O–H groups in total. The molecule has 162 valence electrons. The van der Waals surface area contributed by atoms with Gasteiger partial charge in [-0.3, -0.25) is 24.3 Å². The summed E-state index contributed by atoms with van der Waals surface area (Å²) in [6, 6.07) is 13.5. The van der Waals surface area contributed by atoms with Crippen LogP contribution in [0, 0.1) is 19.7 Å². The summed E-state index contributed by atoms with van der Waals surface area (Å²) < 4.78 is 13.4. The van der Waals surface area contributed by atoms with Crippen LogP contribution in [0.15, 0.2) is 53.4 Å². The van der Waals surface area contributed by atoms with Crippen molar-refractivity contribution in [2.24, 2.45) is 0 Å². The average Bonchev–Trinajstić information content (AvgIpc) is 3.02. The van der Waals surface area contributed by atoms with E-state index in [0.717, 1.165) is 27.8 Å². The van der Waals surface area contributed by atoms with Crippen LogP contribution in [0.5, 0.6) is 0 Å². The number of carbonyl (C=O) groups is 3. The molecule has 3 aromatic rings. The number of halogens is 1. The van der Waals surface area contributed by atoms with Gasteiger partial charge in [0.05, 0.1) is 21.7 Å². The van der Waals surface area contributed by atoms with Gasteiger partial charge in [0.25, 0.3) is 17.1 Å². The lowest BCUT2D eigenvalue weighted by molar-refractivity contribution is -0.122. The van der Waals surface area contributed by atoms with Crippen LogP contribution in [-0.4, -0.2) is 40.0 Å². The summed E-state index contributed by atoms with van der Waals surface area (Å²) in [7, 11) is 0. The maximum absolute atomic E-state index is 13.4. The van der Waals surface area contributed by atoms with Gasteiger partial charge in [0.15, 0.2) is 0 Å². The number of rotatable bonds is 5. The van der Waals surface area contributed by atoms with Crippen LogP contribution in [0.1, 0.15) is 27.2 Å². The molecule has 1 aliphatic rings. The number of hydrogen-bond acceptors (Lipinski definition) is 5. The van der Waals surface area contributed by atoms with Crippen molar-refractivity contribution in [3.63, 3.8) is 0 Å². The van der Waals surface area contributed by atoms with Crippen molar-refractivity contribution in [3.8, 4) is 0 Å². The Labute approximate surface area is 188 Å². The van der Waals surface area contributed by atoms with Gasteiger partial charge in [-0.2, -0.15) is 0 Å². The molecule has 1 aromatic heterocycles. The lowest BCUT2D eigenvalue weighted by Crippen LogP contribution is -2.37. The van der Waals surface area contributed by atoms with Crippen molar-refractivity contribution in [2.75, 3.05) is 13.1 Å². The fourth-order valence-corrected chi connectivity index (χ4v) is 4.21. The Morgan fingerprint density at radius 3 is 2.62 bits per heavy atom. The summed E-state index contributed by atoms with van der Waals surface area (Å²) in [4.78, 5) is 43.3. The predicted molar refractivity (Wildman–Crippen MR) is 123 cm³/mol. The molecule has 6 nitrogen and oxygen atoms in total. The molecule has 0 radical (unpaired) electrons. The predicted octanol–water partition coefficient (Wildman–Crippen LogP) is 4.46. The minimum Gasteiger partial charge on any atom is -0.350 e. The van der Waals surface area contributed by atoms with Crippen molar-refractivity contribution in [1.29, 1.82) is 0 Å². The minimum atomic E-state index is -0.393. The first-order valence-corrected chi connectivity index (χ1v) is 10.8. The van der Waals surface area contributed by atoms with Gasteiger partial charge in [-0.1, -0.05) is 29.8 Å². The minimum absolute atomic E-state index is 0.0624. The van der Waals surface area contributed by atoms with E-state index in [4.69, 9.17) is 0 Å². The van der Waals surface area contributed by atoms with Gasteiger partial charge in [0.1, 0.15) is 5.82 Å². The molecule has 1 saturated heterocycles. The highest BCUT2D eigenvalue weighted by Gasteiger charge is 2.34. The zero-order valence-electron chi connectivity index (χ0n) is 17.5. The number of nitrogens with zero attached hydrogens (tertiary/aromatic N) is 2. The lowest BCUT2D eigenvalue weighted by atomic mass is 10.1. The third-order valence-corrected chi connectivity index (χ3v) is 5.99. The van der Waals surface area contributed by atoms with Crippen molar-refractivity contribution in [1.82, 2.24) is 15.2 Å². The normalized spacial score (nSPS) is 15.1. The summed E-state index contributed by atoms with van der Waals surface area (Å²) in [5, 5.41) is 3.01.